The number of halogens is 2. The van der Waals surface area contributed by atoms with E-state index in [1.54, 1.807) is 9.47 Å². The van der Waals surface area contributed by atoms with Crippen LogP contribution in [0.3, 0.4) is 0 Å². The molecule has 0 bridgehead atoms. The Kier molecular flexibility index (Phi) is 7.57. The fourth-order valence-corrected chi connectivity index (χ4v) is 5.19. The Bertz CT molecular complexity index is 1350. The third-order valence-corrected chi connectivity index (χ3v) is 7.42. The SMILES string of the molecule is O=C(CNCCOc1ccc(F)c(F)c1)N1CCc2nc(C3CCC3)n(-c3ccccc3)c(=O)c2C1S. The number of thiol groups is 1. The maximum absolute atomic E-state index is 13.8. The number of amides is 1. The number of rotatable bonds is 8. The summed E-state index contributed by atoms with van der Waals surface area (Å²) in [6.45, 7) is 0.924. The molecule has 194 valence electrons. The Hall–Kier alpha value is -3.24. The second-order valence-electron chi connectivity index (χ2n) is 9.25. The standard InChI is InChI=1S/C27H28F2N4O3S/c28-20-10-9-19(15-21(20)29)36-14-12-30-16-23(34)32-13-11-22-24(27(32)37)26(35)33(18-7-2-1-3-8-18)25(31-22)17-5-4-6-17/h1-3,7-10,15,17,27,30,37H,4-6,11-14,16H2. The van der Waals surface area contributed by atoms with Crippen molar-refractivity contribution in [1.82, 2.24) is 19.8 Å². The molecule has 1 N–H and O–H groups in total. The van der Waals surface area contributed by atoms with Crippen molar-refractivity contribution in [2.75, 3.05) is 26.2 Å². The highest BCUT2D eigenvalue weighted by Crippen LogP contribution is 2.37. The summed E-state index contributed by atoms with van der Waals surface area (Å²) in [5, 5.41) is 2.29. The van der Waals surface area contributed by atoms with Crippen LogP contribution in [0.15, 0.2) is 53.3 Å². The molecule has 3 aromatic rings. The van der Waals surface area contributed by atoms with Gasteiger partial charge in [0.15, 0.2) is 11.6 Å². The molecule has 0 saturated heterocycles. The van der Waals surface area contributed by atoms with Crippen molar-refractivity contribution in [3.8, 4) is 11.4 Å². The van der Waals surface area contributed by atoms with E-state index >= 15 is 0 Å². The van der Waals surface area contributed by atoms with Crippen molar-refractivity contribution >= 4 is 18.5 Å². The van der Waals surface area contributed by atoms with Crippen LogP contribution in [0.4, 0.5) is 8.78 Å². The van der Waals surface area contributed by atoms with Gasteiger partial charge in [0.05, 0.1) is 23.5 Å². The molecule has 1 aromatic heterocycles. The van der Waals surface area contributed by atoms with E-state index in [1.807, 2.05) is 30.3 Å². The Morgan fingerprint density at radius 1 is 1.14 bits per heavy atom. The van der Waals surface area contributed by atoms with E-state index < -0.39 is 17.0 Å². The van der Waals surface area contributed by atoms with Gasteiger partial charge in [-0.1, -0.05) is 24.6 Å². The summed E-state index contributed by atoms with van der Waals surface area (Å²) in [4.78, 5) is 33.3. The number of fused-ring (bicyclic) bond motifs is 1. The Labute approximate surface area is 218 Å². The molecule has 2 heterocycles. The maximum atomic E-state index is 13.8. The normalized spacial score (nSPS) is 17.3. The number of nitrogens with one attached hydrogen (secondary N) is 1. The smallest absolute Gasteiger partial charge is 0.264 e. The maximum Gasteiger partial charge on any atom is 0.264 e. The first kappa shape index (κ1) is 25.4. The monoisotopic (exact) mass is 526 g/mol. The van der Waals surface area contributed by atoms with Crippen LogP contribution in [-0.4, -0.2) is 46.6 Å². The van der Waals surface area contributed by atoms with Crippen molar-refractivity contribution < 1.29 is 18.3 Å². The molecular weight excluding hydrogens is 498 g/mol. The second kappa shape index (κ2) is 11.0. The third-order valence-electron chi connectivity index (χ3n) is 6.89. The summed E-state index contributed by atoms with van der Waals surface area (Å²) in [5.41, 5.74) is 1.74. The second-order valence-corrected chi connectivity index (χ2v) is 9.74. The van der Waals surface area contributed by atoms with Gasteiger partial charge in [-0.2, -0.15) is 0 Å². The molecule has 1 amide bonds. The van der Waals surface area contributed by atoms with E-state index in [0.29, 0.717) is 25.1 Å². The van der Waals surface area contributed by atoms with Gasteiger partial charge >= 0.3 is 0 Å². The molecule has 0 radical (unpaired) electrons. The zero-order valence-corrected chi connectivity index (χ0v) is 21.1. The number of hydrogen-bond acceptors (Lipinski definition) is 6. The van der Waals surface area contributed by atoms with Crippen LogP contribution in [0.25, 0.3) is 5.69 Å². The first-order valence-electron chi connectivity index (χ1n) is 12.4. The summed E-state index contributed by atoms with van der Waals surface area (Å²) in [7, 11) is 0. The van der Waals surface area contributed by atoms with E-state index in [0.717, 1.165) is 48.6 Å². The van der Waals surface area contributed by atoms with Gasteiger partial charge in [0.1, 0.15) is 23.6 Å². The zero-order chi connectivity index (χ0) is 25.9. The molecule has 1 aliphatic carbocycles. The molecular formula is C27H28F2N4O3S. The van der Waals surface area contributed by atoms with Gasteiger partial charge in [0.2, 0.25) is 5.91 Å². The summed E-state index contributed by atoms with van der Waals surface area (Å²) < 4.78 is 33.4. The van der Waals surface area contributed by atoms with Crippen LogP contribution in [0, 0.1) is 11.6 Å². The molecule has 1 aliphatic heterocycles. The van der Waals surface area contributed by atoms with E-state index in [1.165, 1.54) is 6.07 Å². The predicted octanol–water partition coefficient (Wildman–Crippen LogP) is 3.76. The first-order chi connectivity index (χ1) is 17.9. The molecule has 5 rings (SSSR count). The van der Waals surface area contributed by atoms with E-state index in [4.69, 9.17) is 9.72 Å². The fourth-order valence-electron chi connectivity index (χ4n) is 4.68. The lowest BCUT2D eigenvalue weighted by Crippen LogP contribution is -2.46. The van der Waals surface area contributed by atoms with Crippen LogP contribution >= 0.6 is 12.6 Å². The van der Waals surface area contributed by atoms with Crippen molar-refractivity contribution in [2.24, 2.45) is 0 Å². The Balaban J connectivity index is 1.26. The number of hydrogen-bond donors (Lipinski definition) is 2. The summed E-state index contributed by atoms with van der Waals surface area (Å²) >= 11 is 4.69. The van der Waals surface area contributed by atoms with E-state index in [-0.39, 0.29) is 36.3 Å². The third kappa shape index (κ3) is 5.26. The van der Waals surface area contributed by atoms with Crippen molar-refractivity contribution in [1.29, 1.82) is 0 Å². The first-order valence-corrected chi connectivity index (χ1v) is 12.9. The largest absolute Gasteiger partial charge is 0.492 e. The van der Waals surface area contributed by atoms with E-state index in [2.05, 4.69) is 17.9 Å². The van der Waals surface area contributed by atoms with Crippen molar-refractivity contribution in [2.45, 2.75) is 37.0 Å². The highest BCUT2D eigenvalue weighted by atomic mass is 32.1. The minimum absolute atomic E-state index is 0.0218. The molecule has 0 spiro atoms. The zero-order valence-electron chi connectivity index (χ0n) is 20.2. The lowest BCUT2D eigenvalue weighted by atomic mass is 9.84. The average molecular weight is 527 g/mol. The van der Waals surface area contributed by atoms with Gasteiger partial charge < -0.3 is 15.0 Å². The van der Waals surface area contributed by atoms with Gasteiger partial charge in [-0.25, -0.2) is 13.8 Å². The number of carbonyl (C=O) groups is 1. The number of benzene rings is 2. The number of ether oxygens (including phenoxy) is 1. The summed E-state index contributed by atoms with van der Waals surface area (Å²) in [5.74, 6) is -0.860. The topological polar surface area (TPSA) is 76.5 Å². The summed E-state index contributed by atoms with van der Waals surface area (Å²) in [6, 6.07) is 12.8. The predicted molar refractivity (Wildman–Crippen MR) is 138 cm³/mol. The molecule has 7 nitrogen and oxygen atoms in total. The van der Waals surface area contributed by atoms with E-state index in [9.17, 15) is 18.4 Å². The van der Waals surface area contributed by atoms with Crippen LogP contribution < -0.4 is 15.6 Å². The van der Waals surface area contributed by atoms with Gasteiger partial charge in [0.25, 0.3) is 5.56 Å². The molecule has 1 unspecified atom stereocenters. The molecule has 1 fully saturated rings. The van der Waals surface area contributed by atoms with Gasteiger partial charge in [-0.15, -0.1) is 12.6 Å². The lowest BCUT2D eigenvalue weighted by Gasteiger charge is -2.35. The van der Waals surface area contributed by atoms with Crippen LogP contribution in [-0.2, 0) is 11.2 Å². The van der Waals surface area contributed by atoms with Crippen LogP contribution in [0.2, 0.25) is 0 Å². The van der Waals surface area contributed by atoms with Crippen molar-refractivity contribution in [3.05, 3.63) is 87.6 Å². The number of aromatic nitrogens is 2. The lowest BCUT2D eigenvalue weighted by molar-refractivity contribution is -0.131. The molecule has 2 aliphatic rings. The fraction of sp³-hybridized carbons (Fsp3) is 0.370. The van der Waals surface area contributed by atoms with Gasteiger partial charge in [-0.05, 0) is 37.1 Å². The Morgan fingerprint density at radius 3 is 2.62 bits per heavy atom. The number of para-hydroxylation sites is 1. The minimum atomic E-state index is -0.980. The molecule has 1 saturated carbocycles. The van der Waals surface area contributed by atoms with Gasteiger partial charge in [-0.3, -0.25) is 14.2 Å². The van der Waals surface area contributed by atoms with Crippen molar-refractivity contribution in [3.63, 3.8) is 0 Å². The van der Waals surface area contributed by atoms with Crippen LogP contribution in [0.5, 0.6) is 5.75 Å². The Morgan fingerprint density at radius 2 is 1.92 bits per heavy atom. The van der Waals surface area contributed by atoms with Crippen LogP contribution in [0.1, 0.15) is 47.6 Å². The van der Waals surface area contributed by atoms with Gasteiger partial charge in [0, 0.05) is 31.5 Å². The summed E-state index contributed by atoms with van der Waals surface area (Å²) in [6.07, 6.45) is 3.64. The quantitative estimate of drug-likeness (QED) is 0.345. The minimum Gasteiger partial charge on any atom is -0.492 e. The number of nitrogens with zero attached hydrogens (tertiary/aromatic N) is 3. The average Bonchev–Trinajstić information content (AvgIpc) is 2.85. The molecule has 2 aromatic carbocycles. The highest BCUT2D eigenvalue weighted by Gasteiger charge is 2.35. The highest BCUT2D eigenvalue weighted by molar-refractivity contribution is 7.80. The molecule has 10 heteroatoms. The number of carbonyl (C=O) groups excluding carboxylic acids is 1. The molecule has 1 atom stereocenters. The molecule has 37 heavy (non-hydrogen) atoms.